The van der Waals surface area contributed by atoms with Crippen molar-refractivity contribution in [2.24, 2.45) is 5.73 Å². The van der Waals surface area contributed by atoms with Gasteiger partial charge in [-0.15, -0.1) is 11.8 Å². The number of nitrogens with two attached hydrogens (primary N) is 1. The Balaban J connectivity index is 2.54. The van der Waals surface area contributed by atoms with Gasteiger partial charge in [-0.25, -0.2) is 0 Å². The maximum atomic E-state index is 7.10. The van der Waals surface area contributed by atoms with E-state index >= 15 is 0 Å². The average molecular weight is 208 g/mol. The van der Waals surface area contributed by atoms with Crippen LogP contribution in [-0.2, 0) is 5.75 Å². The van der Waals surface area contributed by atoms with Crippen molar-refractivity contribution in [2.75, 3.05) is 5.75 Å². The third-order valence-electron chi connectivity index (χ3n) is 1.81. The summed E-state index contributed by atoms with van der Waals surface area (Å²) in [7, 11) is 0. The van der Waals surface area contributed by atoms with Crippen molar-refractivity contribution in [3.63, 3.8) is 0 Å². The van der Waals surface area contributed by atoms with Crippen LogP contribution in [0.2, 0.25) is 0 Å². The fourth-order valence-electron chi connectivity index (χ4n) is 1.43. The highest BCUT2D eigenvalue weighted by Gasteiger charge is 1.97. The van der Waals surface area contributed by atoms with Crippen molar-refractivity contribution in [3.8, 4) is 0 Å². The summed E-state index contributed by atoms with van der Waals surface area (Å²) < 4.78 is 0. The van der Waals surface area contributed by atoms with E-state index in [4.69, 9.17) is 11.1 Å². The molecule has 76 valence electrons. The monoisotopic (exact) mass is 208 g/mol. The summed E-state index contributed by atoms with van der Waals surface area (Å²) in [6.07, 6.45) is 0. The number of rotatable bonds is 4. The summed E-state index contributed by atoms with van der Waals surface area (Å²) >= 11 is 1.68. The molecule has 0 atom stereocenters. The number of amidine groups is 1. The van der Waals surface area contributed by atoms with Gasteiger partial charge in [0.15, 0.2) is 0 Å². The van der Waals surface area contributed by atoms with Gasteiger partial charge in [0.05, 0.1) is 5.75 Å². The van der Waals surface area contributed by atoms with Gasteiger partial charge in [0.2, 0.25) is 0 Å². The zero-order chi connectivity index (χ0) is 10.6. The molecule has 0 radical (unpaired) electrons. The summed E-state index contributed by atoms with van der Waals surface area (Å²) in [5.74, 6) is 1.80. The molecule has 0 aliphatic heterocycles. The molecule has 0 amide bonds. The van der Waals surface area contributed by atoms with Gasteiger partial charge in [-0.3, -0.25) is 5.41 Å². The third kappa shape index (κ3) is 3.83. The minimum Gasteiger partial charge on any atom is -0.387 e. The van der Waals surface area contributed by atoms with Gasteiger partial charge in [-0.1, -0.05) is 29.3 Å². The van der Waals surface area contributed by atoms with E-state index in [0.717, 1.165) is 5.75 Å². The van der Waals surface area contributed by atoms with Crippen LogP contribution in [0.5, 0.6) is 0 Å². The molecule has 0 heterocycles. The molecular weight excluding hydrogens is 192 g/mol. The molecule has 1 aromatic rings. The molecule has 14 heavy (non-hydrogen) atoms. The fraction of sp³-hybridized carbons (Fsp3) is 0.364. The Labute approximate surface area is 89.4 Å². The van der Waals surface area contributed by atoms with E-state index in [1.54, 1.807) is 11.8 Å². The molecular formula is C11H16N2S. The first-order valence-electron chi connectivity index (χ1n) is 4.56. The fourth-order valence-corrected chi connectivity index (χ4v) is 2.16. The van der Waals surface area contributed by atoms with E-state index in [9.17, 15) is 0 Å². The Morgan fingerprint density at radius 3 is 2.36 bits per heavy atom. The lowest BCUT2D eigenvalue weighted by molar-refractivity contribution is 1.30. The van der Waals surface area contributed by atoms with Crippen LogP contribution in [0.3, 0.4) is 0 Å². The molecule has 3 heteroatoms. The van der Waals surface area contributed by atoms with Crippen LogP contribution in [0.15, 0.2) is 18.2 Å². The maximum Gasteiger partial charge on any atom is 0.101 e. The Kier molecular flexibility index (Phi) is 4.01. The quantitative estimate of drug-likeness (QED) is 0.590. The predicted molar refractivity (Wildman–Crippen MR) is 64.0 cm³/mol. The van der Waals surface area contributed by atoms with Crippen LogP contribution in [0, 0.1) is 19.3 Å². The highest BCUT2D eigenvalue weighted by Crippen LogP contribution is 2.15. The number of benzene rings is 1. The molecule has 0 fully saturated rings. The average Bonchev–Trinajstić information content (AvgIpc) is 2.01. The second-order valence-corrected chi connectivity index (χ2v) is 4.50. The van der Waals surface area contributed by atoms with Crippen LogP contribution >= 0.6 is 11.8 Å². The lowest BCUT2D eigenvalue weighted by Crippen LogP contribution is -2.12. The van der Waals surface area contributed by atoms with Crippen LogP contribution < -0.4 is 5.73 Å². The van der Waals surface area contributed by atoms with Gasteiger partial charge in [-0.05, 0) is 19.4 Å². The van der Waals surface area contributed by atoms with E-state index in [2.05, 4.69) is 32.0 Å². The number of hydrogen-bond donors (Lipinski definition) is 2. The SMILES string of the molecule is Cc1cc(C)cc(CSCC(=N)N)c1. The van der Waals surface area contributed by atoms with E-state index in [0.29, 0.717) is 5.75 Å². The number of thioether (sulfide) groups is 1. The zero-order valence-electron chi connectivity index (χ0n) is 8.63. The standard InChI is InChI=1S/C11H16N2S/c1-8-3-9(2)5-10(4-8)6-14-7-11(12)13/h3-5H,6-7H2,1-2H3,(H3,12,13). The number of nitrogens with one attached hydrogen (secondary N) is 1. The molecule has 1 rings (SSSR count). The molecule has 0 aliphatic rings. The van der Waals surface area contributed by atoms with Crippen molar-refractivity contribution in [2.45, 2.75) is 19.6 Å². The Hall–Kier alpha value is -0.960. The van der Waals surface area contributed by atoms with E-state index in [1.807, 2.05) is 0 Å². The Morgan fingerprint density at radius 1 is 1.29 bits per heavy atom. The second-order valence-electron chi connectivity index (χ2n) is 3.51. The van der Waals surface area contributed by atoms with Gasteiger partial charge in [0.1, 0.15) is 5.84 Å². The van der Waals surface area contributed by atoms with E-state index in [-0.39, 0.29) is 5.84 Å². The minimum atomic E-state index is 0.249. The van der Waals surface area contributed by atoms with Crippen LogP contribution in [0.25, 0.3) is 0 Å². The minimum absolute atomic E-state index is 0.249. The highest BCUT2D eigenvalue weighted by molar-refractivity contribution is 7.99. The molecule has 0 saturated heterocycles. The summed E-state index contributed by atoms with van der Waals surface area (Å²) in [6, 6.07) is 6.53. The van der Waals surface area contributed by atoms with Gasteiger partial charge in [0.25, 0.3) is 0 Å². The molecule has 0 bridgehead atoms. The van der Waals surface area contributed by atoms with Crippen molar-refractivity contribution >= 4 is 17.6 Å². The van der Waals surface area contributed by atoms with Crippen molar-refractivity contribution in [1.29, 1.82) is 5.41 Å². The summed E-state index contributed by atoms with van der Waals surface area (Å²) in [5.41, 5.74) is 9.18. The summed E-state index contributed by atoms with van der Waals surface area (Å²) in [5, 5.41) is 7.10. The molecule has 0 unspecified atom stereocenters. The number of hydrogen-bond acceptors (Lipinski definition) is 2. The second kappa shape index (κ2) is 5.05. The van der Waals surface area contributed by atoms with E-state index in [1.165, 1.54) is 16.7 Å². The molecule has 2 nitrogen and oxygen atoms in total. The number of aryl methyl sites for hydroxylation is 2. The third-order valence-corrected chi connectivity index (χ3v) is 2.86. The normalized spacial score (nSPS) is 10.1. The van der Waals surface area contributed by atoms with Crippen molar-refractivity contribution < 1.29 is 0 Å². The lowest BCUT2D eigenvalue weighted by Gasteiger charge is -2.04. The molecule has 3 N–H and O–H groups in total. The molecule has 0 saturated carbocycles. The first-order valence-corrected chi connectivity index (χ1v) is 5.71. The van der Waals surface area contributed by atoms with Crippen LogP contribution in [0.1, 0.15) is 16.7 Å². The first-order chi connectivity index (χ1) is 6.58. The first kappa shape index (κ1) is 11.1. The highest BCUT2D eigenvalue weighted by atomic mass is 32.2. The van der Waals surface area contributed by atoms with Gasteiger partial charge in [-0.2, -0.15) is 0 Å². The lowest BCUT2D eigenvalue weighted by atomic mass is 10.1. The molecule has 0 aliphatic carbocycles. The molecule has 0 aromatic heterocycles. The largest absolute Gasteiger partial charge is 0.387 e. The topological polar surface area (TPSA) is 49.9 Å². The summed E-state index contributed by atoms with van der Waals surface area (Å²) in [6.45, 7) is 4.21. The smallest absolute Gasteiger partial charge is 0.101 e. The molecule has 1 aromatic carbocycles. The van der Waals surface area contributed by atoms with Crippen molar-refractivity contribution in [3.05, 3.63) is 34.9 Å². The van der Waals surface area contributed by atoms with Gasteiger partial charge < -0.3 is 5.73 Å². The summed E-state index contributed by atoms with van der Waals surface area (Å²) in [4.78, 5) is 0. The van der Waals surface area contributed by atoms with Crippen LogP contribution in [0.4, 0.5) is 0 Å². The van der Waals surface area contributed by atoms with E-state index < -0.39 is 0 Å². The Bertz CT molecular complexity index is 314. The Morgan fingerprint density at radius 2 is 1.86 bits per heavy atom. The van der Waals surface area contributed by atoms with Crippen molar-refractivity contribution in [1.82, 2.24) is 0 Å². The van der Waals surface area contributed by atoms with Crippen LogP contribution in [-0.4, -0.2) is 11.6 Å². The predicted octanol–water partition coefficient (Wildman–Crippen LogP) is 2.47. The van der Waals surface area contributed by atoms with Gasteiger partial charge in [0, 0.05) is 5.75 Å². The van der Waals surface area contributed by atoms with Gasteiger partial charge >= 0.3 is 0 Å². The zero-order valence-corrected chi connectivity index (χ0v) is 9.45. The molecule has 0 spiro atoms. The maximum absolute atomic E-state index is 7.10.